The van der Waals surface area contributed by atoms with Crippen LogP contribution in [0.4, 0.5) is 16.2 Å². The van der Waals surface area contributed by atoms with Crippen molar-refractivity contribution in [3.05, 3.63) is 119 Å². The van der Waals surface area contributed by atoms with Gasteiger partial charge in [0, 0.05) is 77.8 Å². The van der Waals surface area contributed by atoms with E-state index in [2.05, 4.69) is 103 Å². The largest absolute Gasteiger partial charge is 0.508 e. The molecule has 138 heavy (non-hydrogen) atoms. The standard InChI is InChI=1S/C20H29N3O.C19H28BrN3.C19H29N3O2S.C19H29N3O.C18H33N3O2.C15H27N3O2/c24-19(16-10-4-1-5-11-16)23-20(21-17-12-6-2-7-13-17)22-18-14-8-3-9-15-18;20-15-11-13-18(14-12-15)23-19(21-16-7-3-1-4-8-16)22-17-9-5-2-6-10-17;23-25(24,18-14-8-3-9-15-18)22-19(20-16-10-4-1-5-11-16)21-17-12-6-2-7-13-17;23-18-13-11-17(12-14-18)22-19(20-15-7-3-1-4-8-15)21-16-9-5-2-6-10-16;1-18(2,3)23-17(22)21-16(19-14-10-6-4-7-11-14)20-15-12-8-5-9-13-15;1-2-4-14(5-3-1)16-15(17-6-10-19-11-7-17)18-8-12-20-13-9-18/h1,4-5,10-11,17-18H,2-3,6-9,12-15H2,(H2,21,22,23,24);11-14,16-17H,1-10H2,(H2,21,22,23);3,8-9,14-17H,1-2,4-7,10-13H2,(H2,20,21,22);11-16,23H,1-10H2,(H2,20,21,22);14-15H,4-13H2,1-3H3,(H2,19,20,21,22);14H,1-13H2. The first-order chi connectivity index (χ1) is 67.4. The van der Waals surface area contributed by atoms with Crippen molar-refractivity contribution >= 4 is 85.1 Å². The van der Waals surface area contributed by atoms with Crippen LogP contribution in [-0.2, 0) is 24.2 Å². The number of hydrogen-bond donors (Lipinski definition) is 11. The molecule has 2 heterocycles. The number of ether oxygens (including phenoxy) is 3. The monoisotopic (exact) mass is 1990 g/mol. The van der Waals surface area contributed by atoms with Crippen molar-refractivity contribution in [2.24, 2.45) is 30.0 Å². The minimum atomic E-state index is -3.60. The number of benzene rings is 4. The zero-order valence-electron chi connectivity index (χ0n) is 84.5. The topological polar surface area (TPSA) is 317 Å². The molecule has 4 aromatic rings. The van der Waals surface area contributed by atoms with E-state index in [0.29, 0.717) is 89.6 Å². The molecule has 11 N–H and O–H groups in total. The van der Waals surface area contributed by atoms with Crippen molar-refractivity contribution in [1.82, 2.24) is 51.7 Å². The molecule has 0 atom stereocenters. The summed E-state index contributed by atoms with van der Waals surface area (Å²) in [4.78, 5) is 59.3. The Labute approximate surface area is 837 Å². The minimum Gasteiger partial charge on any atom is -0.508 e. The van der Waals surface area contributed by atoms with Crippen molar-refractivity contribution in [1.29, 1.82) is 0 Å². The fraction of sp³-hybridized carbons (Fsp3) is 0.709. The van der Waals surface area contributed by atoms with E-state index in [-0.39, 0.29) is 16.8 Å². The molecule has 13 aliphatic rings. The van der Waals surface area contributed by atoms with Crippen LogP contribution in [0.1, 0.15) is 384 Å². The average molecular weight is 1990 g/mol. The van der Waals surface area contributed by atoms with Crippen molar-refractivity contribution in [2.75, 3.05) is 63.2 Å². The number of phenolic OH excluding ortho intramolecular Hbond substituents is 1. The number of aliphatic imine (C=N–C) groups is 6. The van der Waals surface area contributed by atoms with Crippen molar-refractivity contribution in [2.45, 2.75) is 451 Å². The highest BCUT2D eigenvalue weighted by atomic mass is 79.9. The molecular formula is C110H175BrN18O8S. The Hall–Kier alpha value is -8.21. The van der Waals surface area contributed by atoms with Crippen molar-refractivity contribution in [3.8, 4) is 5.75 Å². The summed E-state index contributed by atoms with van der Waals surface area (Å²) in [6.07, 6.45) is 68.0. The third-order valence-electron chi connectivity index (χ3n) is 29.0. The fourth-order valence-corrected chi connectivity index (χ4v) is 22.5. The molecule has 0 bridgehead atoms. The fourth-order valence-electron chi connectivity index (χ4n) is 21.3. The average Bonchev–Trinajstić information content (AvgIpc) is 0.822. The van der Waals surface area contributed by atoms with E-state index in [1.54, 1.807) is 36.4 Å². The molecule has 11 saturated carbocycles. The van der Waals surface area contributed by atoms with Crippen LogP contribution in [0.5, 0.6) is 5.75 Å². The van der Waals surface area contributed by atoms with E-state index in [9.17, 15) is 23.1 Å². The van der Waals surface area contributed by atoms with Crippen LogP contribution in [0.25, 0.3) is 0 Å². The normalized spacial score (nSPS) is 21.8. The van der Waals surface area contributed by atoms with Gasteiger partial charge in [0.25, 0.3) is 15.9 Å². The second-order valence-corrected chi connectivity index (χ2v) is 44.4. The number of halogens is 1. The first kappa shape index (κ1) is 109. The Morgan fingerprint density at radius 2 is 0.623 bits per heavy atom. The summed E-state index contributed by atoms with van der Waals surface area (Å²) in [7, 11) is -3.60. The number of aromatic hydroxyl groups is 1. The number of morpholine rings is 2. The number of nitrogens with one attached hydrogen (secondary N) is 10. The van der Waals surface area contributed by atoms with Gasteiger partial charge < -0.3 is 66.3 Å². The molecule has 4 aromatic carbocycles. The Morgan fingerprint density at radius 3 is 0.957 bits per heavy atom. The molecule has 26 nitrogen and oxygen atoms in total. The van der Waals surface area contributed by atoms with Gasteiger partial charge in [0.15, 0.2) is 23.8 Å². The van der Waals surface area contributed by atoms with Crippen LogP contribution in [0.15, 0.2) is 149 Å². The number of guanidine groups is 6. The lowest BCUT2D eigenvalue weighted by Gasteiger charge is -2.39. The summed E-state index contributed by atoms with van der Waals surface area (Å²) in [6.45, 7) is 12.8. The first-order valence-electron chi connectivity index (χ1n) is 54.9. The van der Waals surface area contributed by atoms with Gasteiger partial charge in [-0.2, -0.15) is 0 Å². The number of alkyl carbamates (subject to hydrolysis) is 1. The summed E-state index contributed by atoms with van der Waals surface area (Å²) in [5.74, 6) is 5.04. The third-order valence-corrected chi connectivity index (χ3v) is 30.9. The van der Waals surface area contributed by atoms with E-state index >= 15 is 0 Å². The maximum atomic E-state index is 12.7. The molecule has 28 heteroatoms. The number of phenols is 1. The Morgan fingerprint density at radius 1 is 0.348 bits per heavy atom. The number of anilines is 2. The number of nitrogens with zero attached hydrogens (tertiary/aromatic N) is 8. The molecule has 17 rings (SSSR count). The Kier molecular flexibility index (Phi) is 48.5. The maximum Gasteiger partial charge on any atom is 0.414 e. The molecule has 13 fully saturated rings. The molecule has 0 unspecified atom stereocenters. The predicted molar refractivity (Wildman–Crippen MR) is 570 cm³/mol. The van der Waals surface area contributed by atoms with E-state index in [1.165, 1.54) is 295 Å². The van der Waals surface area contributed by atoms with E-state index in [0.717, 1.165) is 145 Å². The second kappa shape index (κ2) is 61.6. The molecule has 0 radical (unpaired) electrons. The van der Waals surface area contributed by atoms with Gasteiger partial charge >= 0.3 is 6.09 Å². The van der Waals surface area contributed by atoms with Crippen LogP contribution in [-0.4, -0.2) is 196 Å². The summed E-state index contributed by atoms with van der Waals surface area (Å²) >= 11 is 3.50. The van der Waals surface area contributed by atoms with Crippen LogP contribution >= 0.6 is 15.9 Å². The number of sulfonamides is 1. The smallest absolute Gasteiger partial charge is 0.414 e. The molecule has 0 spiro atoms. The third kappa shape index (κ3) is 42.5. The Balaban J connectivity index is 0.000000149. The SMILES string of the molecule is Brc1ccc(NC(=NC2CCCCC2)NC2CCCCC2)cc1.C1CCC(N=C(N2CCOCC2)N2CCOCC2)CC1.CC(C)(C)OC(=O)NC(=NC1CCCCC1)NC1CCCCC1.O=C(NC(=NC1CCCCC1)NC1CCCCC1)c1ccccc1.O=S(=O)(NC(=NC1CCCCC1)NC1CCCCC1)c1ccccc1.Oc1ccc(NC(=NC2CCCCC2)NC2CCCCC2)cc1. The lowest BCUT2D eigenvalue weighted by Crippen LogP contribution is -2.52. The van der Waals surface area contributed by atoms with Crippen LogP contribution in [0.3, 0.4) is 0 Å². The highest BCUT2D eigenvalue weighted by molar-refractivity contribution is 9.10. The molecule has 2 amide bonds. The Bertz CT molecular complexity index is 4230. The van der Waals surface area contributed by atoms with Crippen LogP contribution < -0.4 is 52.6 Å². The van der Waals surface area contributed by atoms with E-state index in [4.69, 9.17) is 44.2 Å². The minimum absolute atomic E-state index is 0.0755. The van der Waals surface area contributed by atoms with Gasteiger partial charge in [-0.05, 0) is 235 Å². The number of carbonyl (C=O) groups excluding carboxylic acids is 2. The number of hydrogen-bond acceptors (Lipinski definition) is 14. The summed E-state index contributed by atoms with van der Waals surface area (Å²) in [6, 6.07) is 38.1. The molecule has 11 aliphatic carbocycles. The predicted octanol–water partition coefficient (Wildman–Crippen LogP) is 23.0. The van der Waals surface area contributed by atoms with Gasteiger partial charge in [0.05, 0.1) is 67.6 Å². The first-order valence-corrected chi connectivity index (χ1v) is 57.1. The van der Waals surface area contributed by atoms with Gasteiger partial charge in [-0.3, -0.25) is 15.4 Å². The summed E-state index contributed by atoms with van der Waals surface area (Å²) in [5.41, 5.74) is 2.26. The van der Waals surface area contributed by atoms with Gasteiger partial charge in [-0.25, -0.2) is 47.9 Å². The van der Waals surface area contributed by atoms with Gasteiger partial charge in [0.1, 0.15) is 11.4 Å². The van der Waals surface area contributed by atoms with Gasteiger partial charge in [0.2, 0.25) is 11.9 Å². The quantitative estimate of drug-likeness (QED) is 0.0282. The summed E-state index contributed by atoms with van der Waals surface area (Å²) < 4.78 is 45.6. The lowest BCUT2D eigenvalue weighted by atomic mass is 9.95. The van der Waals surface area contributed by atoms with Crippen LogP contribution in [0.2, 0.25) is 0 Å². The van der Waals surface area contributed by atoms with Crippen LogP contribution in [0, 0.1) is 0 Å². The second-order valence-electron chi connectivity index (χ2n) is 41.8. The van der Waals surface area contributed by atoms with E-state index in [1.807, 2.05) is 69.3 Å². The maximum absolute atomic E-state index is 12.7. The summed E-state index contributed by atoms with van der Waals surface area (Å²) in [5, 5.41) is 40.0. The molecule has 2 aliphatic heterocycles. The highest BCUT2D eigenvalue weighted by Gasteiger charge is 2.30. The highest BCUT2D eigenvalue weighted by Crippen LogP contribution is 2.31. The number of rotatable bonds is 16. The van der Waals surface area contributed by atoms with Crippen molar-refractivity contribution < 1.29 is 37.3 Å². The van der Waals surface area contributed by atoms with Crippen molar-refractivity contribution in [3.63, 3.8) is 0 Å². The van der Waals surface area contributed by atoms with E-state index < -0.39 is 21.7 Å². The lowest BCUT2D eigenvalue weighted by molar-refractivity contribution is 0.0415. The molecule has 766 valence electrons. The molecule has 0 aromatic heterocycles. The molecule has 2 saturated heterocycles. The van der Waals surface area contributed by atoms with Gasteiger partial charge in [-0.15, -0.1) is 0 Å². The number of amides is 2. The zero-order valence-corrected chi connectivity index (χ0v) is 86.9. The number of carbonyl (C=O) groups is 2. The van der Waals surface area contributed by atoms with Gasteiger partial charge in [-0.1, -0.05) is 264 Å². The zero-order chi connectivity index (χ0) is 96.3. The molecular weight excluding hydrogens is 1810 g/mol.